The summed E-state index contributed by atoms with van der Waals surface area (Å²) in [4.78, 5) is 50.9. The molecule has 0 aliphatic heterocycles. The summed E-state index contributed by atoms with van der Waals surface area (Å²) in [6, 6.07) is 9.63. The Bertz CT molecular complexity index is 1850. The van der Waals surface area contributed by atoms with Crippen LogP contribution in [0.15, 0.2) is 61.2 Å². The Kier molecular flexibility index (Phi) is 11.1. The number of nitrogens with one attached hydrogen (secondary N) is 1. The molecule has 256 valence electrons. The van der Waals surface area contributed by atoms with E-state index in [0.29, 0.717) is 30.1 Å². The molecule has 49 heavy (non-hydrogen) atoms. The molecule has 2 aromatic carbocycles. The van der Waals surface area contributed by atoms with Crippen LogP contribution in [0.4, 0.5) is 17.6 Å². The van der Waals surface area contributed by atoms with Crippen LogP contribution in [-0.2, 0) is 28.5 Å². The number of carbonyl (C=O) groups is 3. The zero-order chi connectivity index (χ0) is 35.3. The summed E-state index contributed by atoms with van der Waals surface area (Å²) < 4.78 is 51.6. The number of hydrogen-bond donors (Lipinski definition) is 2. The van der Waals surface area contributed by atoms with Crippen LogP contribution in [0.1, 0.15) is 69.2 Å². The van der Waals surface area contributed by atoms with Crippen LogP contribution >= 0.6 is 23.2 Å². The zero-order valence-electron chi connectivity index (χ0n) is 25.9. The molecule has 0 saturated heterocycles. The molecular formula is C34H30Cl2F4N6O3. The molecule has 0 unspecified atom stereocenters. The van der Waals surface area contributed by atoms with Gasteiger partial charge in [0.2, 0.25) is 0 Å². The van der Waals surface area contributed by atoms with Gasteiger partial charge in [-0.25, -0.2) is 28.7 Å². The number of rotatable bonds is 12. The minimum Gasteiger partial charge on any atom is -0.344 e. The second-order valence-electron chi connectivity index (χ2n) is 12.0. The van der Waals surface area contributed by atoms with Gasteiger partial charge in [0, 0.05) is 48.5 Å². The van der Waals surface area contributed by atoms with Gasteiger partial charge in [-0.3, -0.25) is 14.4 Å². The minimum atomic E-state index is -3.18. The second-order valence-corrected chi connectivity index (χ2v) is 12.8. The van der Waals surface area contributed by atoms with E-state index in [9.17, 15) is 31.9 Å². The molecule has 0 bridgehead atoms. The van der Waals surface area contributed by atoms with Gasteiger partial charge in [-0.05, 0) is 61.1 Å². The first-order valence-corrected chi connectivity index (χ1v) is 16.0. The third-order valence-corrected chi connectivity index (χ3v) is 9.24. The van der Waals surface area contributed by atoms with Gasteiger partial charge in [0.05, 0.1) is 34.3 Å². The Morgan fingerprint density at radius 2 is 1.14 bits per heavy atom. The second kappa shape index (κ2) is 15.1. The van der Waals surface area contributed by atoms with Crippen LogP contribution in [0.2, 0.25) is 10.0 Å². The van der Waals surface area contributed by atoms with Crippen LogP contribution < -0.4 is 11.1 Å². The highest BCUT2D eigenvalue weighted by atomic mass is 35.5. The molecule has 0 spiro atoms. The van der Waals surface area contributed by atoms with Gasteiger partial charge >= 0.3 is 6.43 Å². The van der Waals surface area contributed by atoms with E-state index in [1.807, 2.05) is 11.4 Å². The summed E-state index contributed by atoms with van der Waals surface area (Å²) in [5, 5.41) is 2.02. The number of halogens is 6. The summed E-state index contributed by atoms with van der Waals surface area (Å²) in [5.74, 6) is -2.03. The topological polar surface area (TPSA) is 141 Å². The molecule has 15 heteroatoms. The Morgan fingerprint density at radius 3 is 1.49 bits per heavy atom. The van der Waals surface area contributed by atoms with Crippen molar-refractivity contribution in [3.63, 3.8) is 0 Å². The van der Waals surface area contributed by atoms with Crippen molar-refractivity contribution in [2.45, 2.75) is 55.8 Å². The maximum atomic E-state index is 13.7. The molecule has 6 rings (SSSR count). The van der Waals surface area contributed by atoms with E-state index in [2.05, 4.69) is 19.9 Å². The summed E-state index contributed by atoms with van der Waals surface area (Å²) in [6.07, 6.45) is 7.12. The van der Waals surface area contributed by atoms with Crippen LogP contribution in [0, 0.1) is 11.6 Å². The van der Waals surface area contributed by atoms with Crippen molar-refractivity contribution in [3.8, 4) is 0 Å². The lowest BCUT2D eigenvalue weighted by Gasteiger charge is -2.15. The SMILES string of the molecule is NCC(=O)c1cnc(CC2(c3ccc(Cl)c(F)c3)CC2)nc1.O=C(CNC(=O)C(F)F)c1cnc(CC2(c3ccc(Cl)c(F)c3)CC2)nc1. The molecular weight excluding hydrogens is 687 g/mol. The smallest absolute Gasteiger partial charge is 0.315 e. The monoisotopic (exact) mass is 716 g/mol. The standard InChI is InChI=1S/C18H15ClF3N3O2.C16H15ClFN3O/c19-12-2-1-11(5-13(12)20)18(3-4-18)6-15-23-7-10(8-24-15)14(26)9-25-17(27)16(21)22;17-12-2-1-11(5-13(12)18)16(3-4-16)6-15-20-8-10(9-21-15)14(22)7-19/h1-2,5,7-8,16H,3-4,6,9H2,(H,25,27);1-2,5,8-9H,3-4,6-7,19H2. The van der Waals surface area contributed by atoms with Crippen molar-refractivity contribution in [2.24, 2.45) is 5.73 Å². The average Bonchev–Trinajstić information content (AvgIpc) is 4.04. The Morgan fingerprint density at radius 1 is 0.735 bits per heavy atom. The third-order valence-electron chi connectivity index (χ3n) is 8.63. The lowest BCUT2D eigenvalue weighted by atomic mass is 9.92. The first-order valence-electron chi connectivity index (χ1n) is 15.2. The number of ketones is 2. The van der Waals surface area contributed by atoms with Gasteiger partial charge in [-0.15, -0.1) is 0 Å². The molecule has 0 atom stereocenters. The minimum absolute atomic E-state index is 0.0588. The van der Waals surface area contributed by atoms with Crippen LogP contribution in [0.3, 0.4) is 0 Å². The molecule has 2 aliphatic rings. The number of amides is 1. The number of hydrogen-bond acceptors (Lipinski definition) is 8. The Hall–Kier alpha value is -4.33. The average molecular weight is 718 g/mol. The summed E-state index contributed by atoms with van der Waals surface area (Å²) in [7, 11) is 0. The number of nitrogens with two attached hydrogens (primary N) is 1. The predicted octanol–water partition coefficient (Wildman–Crippen LogP) is 5.79. The molecule has 9 nitrogen and oxygen atoms in total. The lowest BCUT2D eigenvalue weighted by molar-refractivity contribution is -0.131. The molecule has 3 N–H and O–H groups in total. The Balaban J connectivity index is 0.000000195. The van der Waals surface area contributed by atoms with E-state index >= 15 is 0 Å². The van der Waals surface area contributed by atoms with Gasteiger partial charge in [0.15, 0.2) is 11.6 Å². The van der Waals surface area contributed by atoms with Gasteiger partial charge in [-0.2, -0.15) is 8.78 Å². The van der Waals surface area contributed by atoms with Gasteiger partial charge in [0.1, 0.15) is 23.3 Å². The van der Waals surface area contributed by atoms with Crippen LogP contribution in [-0.4, -0.2) is 56.9 Å². The number of Topliss-reactive ketones (excluding diaryl/α,β-unsaturated/α-hetero) is 2. The molecule has 1 amide bonds. The third kappa shape index (κ3) is 8.83. The highest BCUT2D eigenvalue weighted by Gasteiger charge is 2.46. The number of alkyl halides is 2. The van der Waals surface area contributed by atoms with Gasteiger partial charge in [0.25, 0.3) is 5.91 Å². The molecule has 0 radical (unpaired) electrons. The fourth-order valence-corrected chi connectivity index (χ4v) is 5.57. The molecule has 2 saturated carbocycles. The summed E-state index contributed by atoms with van der Waals surface area (Å²) in [5.41, 5.74) is 7.19. The van der Waals surface area contributed by atoms with Crippen molar-refractivity contribution in [1.29, 1.82) is 0 Å². The quantitative estimate of drug-likeness (QED) is 0.139. The first kappa shape index (κ1) is 36.0. The van der Waals surface area contributed by atoms with Crippen molar-refractivity contribution in [1.82, 2.24) is 25.3 Å². The normalized spacial score (nSPS) is 15.2. The fourth-order valence-electron chi connectivity index (χ4n) is 5.34. The number of carbonyl (C=O) groups excluding carboxylic acids is 3. The van der Waals surface area contributed by atoms with Crippen molar-refractivity contribution in [2.75, 3.05) is 13.1 Å². The van der Waals surface area contributed by atoms with E-state index < -0.39 is 36.3 Å². The van der Waals surface area contributed by atoms with E-state index in [1.165, 1.54) is 43.0 Å². The number of benzene rings is 2. The van der Waals surface area contributed by atoms with E-state index in [1.54, 1.807) is 12.1 Å². The van der Waals surface area contributed by atoms with Crippen LogP contribution in [0.5, 0.6) is 0 Å². The molecule has 2 aromatic heterocycles. The van der Waals surface area contributed by atoms with Crippen molar-refractivity contribution >= 4 is 40.7 Å². The lowest BCUT2D eigenvalue weighted by Crippen LogP contribution is -2.34. The van der Waals surface area contributed by atoms with E-state index in [-0.39, 0.29) is 38.8 Å². The maximum Gasteiger partial charge on any atom is 0.315 e. The van der Waals surface area contributed by atoms with Crippen molar-refractivity contribution < 1.29 is 31.9 Å². The molecule has 4 aromatic rings. The highest BCUT2D eigenvalue weighted by molar-refractivity contribution is 6.31. The van der Waals surface area contributed by atoms with E-state index in [0.717, 1.165) is 36.8 Å². The number of nitrogens with zero attached hydrogens (tertiary/aromatic N) is 4. The Labute approximate surface area is 288 Å². The molecule has 2 heterocycles. The van der Waals surface area contributed by atoms with Crippen molar-refractivity contribution in [3.05, 3.63) is 117 Å². The largest absolute Gasteiger partial charge is 0.344 e. The fraction of sp³-hybridized carbons (Fsp3) is 0.324. The molecule has 2 fully saturated rings. The predicted molar refractivity (Wildman–Crippen MR) is 173 cm³/mol. The molecule has 2 aliphatic carbocycles. The maximum absolute atomic E-state index is 13.7. The highest BCUT2D eigenvalue weighted by Crippen LogP contribution is 2.51. The van der Waals surface area contributed by atoms with Crippen LogP contribution in [0.25, 0.3) is 0 Å². The summed E-state index contributed by atoms with van der Waals surface area (Å²) in [6.45, 7) is -0.615. The van der Waals surface area contributed by atoms with E-state index in [4.69, 9.17) is 28.9 Å². The summed E-state index contributed by atoms with van der Waals surface area (Å²) >= 11 is 11.5. The van der Waals surface area contributed by atoms with Gasteiger partial charge < -0.3 is 11.1 Å². The first-order chi connectivity index (χ1) is 23.3. The van der Waals surface area contributed by atoms with Gasteiger partial charge in [-0.1, -0.05) is 35.3 Å². The number of aromatic nitrogens is 4. The zero-order valence-corrected chi connectivity index (χ0v) is 27.4.